The SMILES string of the molecule is COc1cc(C#N)ccc1Oc1nnc(I)c(C)c1C(=O)Nc1cccc(S(C)(=O)=O)c1. The largest absolute Gasteiger partial charge is 0.493 e. The molecule has 3 aromatic rings. The van der Waals surface area contributed by atoms with Crippen molar-refractivity contribution in [3.8, 4) is 23.4 Å². The van der Waals surface area contributed by atoms with Crippen molar-refractivity contribution in [3.05, 3.63) is 62.9 Å². The molecule has 164 valence electrons. The van der Waals surface area contributed by atoms with Gasteiger partial charge < -0.3 is 14.8 Å². The predicted molar refractivity (Wildman–Crippen MR) is 125 cm³/mol. The first kappa shape index (κ1) is 23.4. The molecule has 11 heteroatoms. The highest BCUT2D eigenvalue weighted by Gasteiger charge is 2.23. The molecule has 2 aromatic carbocycles. The molecule has 0 unspecified atom stereocenters. The van der Waals surface area contributed by atoms with Crippen LogP contribution in [0.25, 0.3) is 0 Å². The van der Waals surface area contributed by atoms with Crippen molar-refractivity contribution >= 4 is 44.0 Å². The summed E-state index contributed by atoms with van der Waals surface area (Å²) in [5.74, 6) is -0.0879. The molecule has 1 heterocycles. The van der Waals surface area contributed by atoms with Gasteiger partial charge >= 0.3 is 0 Å². The van der Waals surface area contributed by atoms with Gasteiger partial charge in [-0.1, -0.05) is 6.07 Å². The Labute approximate surface area is 198 Å². The van der Waals surface area contributed by atoms with Gasteiger partial charge in [-0.05, 0) is 59.8 Å². The molecule has 0 spiro atoms. The van der Waals surface area contributed by atoms with Crippen LogP contribution in [-0.2, 0) is 9.84 Å². The van der Waals surface area contributed by atoms with Crippen LogP contribution in [0.2, 0.25) is 0 Å². The Hall–Kier alpha value is -3.24. The molecular weight excluding hydrogens is 547 g/mol. The number of hydrogen-bond acceptors (Lipinski definition) is 8. The Morgan fingerprint density at radius 1 is 1.16 bits per heavy atom. The van der Waals surface area contributed by atoms with Gasteiger partial charge in [0.05, 0.1) is 23.6 Å². The summed E-state index contributed by atoms with van der Waals surface area (Å²) in [4.78, 5) is 13.2. The summed E-state index contributed by atoms with van der Waals surface area (Å²) in [6.07, 6.45) is 1.09. The van der Waals surface area contributed by atoms with Crippen LogP contribution in [0.3, 0.4) is 0 Å². The molecule has 9 nitrogen and oxygen atoms in total. The second kappa shape index (κ2) is 9.49. The quantitative estimate of drug-likeness (QED) is 0.449. The van der Waals surface area contributed by atoms with E-state index in [0.717, 1.165) is 6.26 Å². The summed E-state index contributed by atoms with van der Waals surface area (Å²) >= 11 is 1.95. The van der Waals surface area contributed by atoms with Crippen molar-refractivity contribution in [2.45, 2.75) is 11.8 Å². The van der Waals surface area contributed by atoms with Gasteiger partial charge in [-0.3, -0.25) is 4.79 Å². The van der Waals surface area contributed by atoms with Crippen LogP contribution in [0.5, 0.6) is 17.4 Å². The molecule has 0 atom stereocenters. The average Bonchev–Trinajstić information content (AvgIpc) is 2.76. The lowest BCUT2D eigenvalue weighted by Crippen LogP contribution is -2.17. The maximum Gasteiger partial charge on any atom is 0.261 e. The Balaban J connectivity index is 2.00. The summed E-state index contributed by atoms with van der Waals surface area (Å²) in [6.45, 7) is 1.70. The molecule has 1 aromatic heterocycles. The van der Waals surface area contributed by atoms with Gasteiger partial charge in [-0.15, -0.1) is 10.2 Å². The second-order valence-corrected chi connectivity index (χ2v) is 9.67. The number of carbonyl (C=O) groups excluding carboxylic acids is 1. The van der Waals surface area contributed by atoms with E-state index < -0.39 is 15.7 Å². The number of halogens is 1. The van der Waals surface area contributed by atoms with Crippen LogP contribution in [0.1, 0.15) is 21.5 Å². The number of hydrogen-bond donors (Lipinski definition) is 1. The number of amides is 1. The third kappa shape index (κ3) is 5.14. The number of ether oxygens (including phenoxy) is 2. The molecule has 0 fully saturated rings. The van der Waals surface area contributed by atoms with Gasteiger partial charge in [-0.25, -0.2) is 8.42 Å². The zero-order chi connectivity index (χ0) is 23.5. The van der Waals surface area contributed by atoms with E-state index in [-0.39, 0.29) is 27.8 Å². The van der Waals surface area contributed by atoms with E-state index in [1.807, 2.05) is 28.7 Å². The molecule has 0 aliphatic heterocycles. The minimum absolute atomic E-state index is 0.0670. The minimum Gasteiger partial charge on any atom is -0.493 e. The molecule has 0 saturated carbocycles. The van der Waals surface area contributed by atoms with E-state index in [4.69, 9.17) is 14.7 Å². The van der Waals surface area contributed by atoms with Crippen LogP contribution in [0, 0.1) is 22.0 Å². The third-order valence-corrected chi connectivity index (χ3v) is 6.51. The lowest BCUT2D eigenvalue weighted by Gasteiger charge is -2.15. The smallest absolute Gasteiger partial charge is 0.261 e. The van der Waals surface area contributed by atoms with Crippen molar-refractivity contribution < 1.29 is 22.7 Å². The number of methoxy groups -OCH3 is 1. The van der Waals surface area contributed by atoms with Gasteiger partial charge in [-0.2, -0.15) is 5.26 Å². The standard InChI is InChI=1S/C21H17IN4O5S/c1-12-18(20(27)24-14-5-4-6-15(10-14)32(3,28)29)21(26-25-19(12)22)31-16-8-7-13(11-23)9-17(16)30-2/h4-10H,1-3H3,(H,24,27). The molecule has 0 aliphatic carbocycles. The van der Waals surface area contributed by atoms with Crippen LogP contribution in [-0.4, -0.2) is 37.9 Å². The van der Waals surface area contributed by atoms with Crippen molar-refractivity contribution in [1.82, 2.24) is 10.2 Å². The predicted octanol–water partition coefficient (Wildman–Crippen LogP) is 3.72. The summed E-state index contributed by atoms with van der Waals surface area (Å²) < 4.78 is 35.2. The summed E-state index contributed by atoms with van der Waals surface area (Å²) in [5, 5.41) is 19.8. The van der Waals surface area contributed by atoms with E-state index >= 15 is 0 Å². The van der Waals surface area contributed by atoms with Crippen molar-refractivity contribution in [2.75, 3.05) is 18.7 Å². The fourth-order valence-electron chi connectivity index (χ4n) is 2.74. The van der Waals surface area contributed by atoms with E-state index in [1.54, 1.807) is 19.1 Å². The number of carbonyl (C=O) groups is 1. The molecule has 0 radical (unpaired) electrons. The fraction of sp³-hybridized carbons (Fsp3) is 0.143. The average molecular weight is 564 g/mol. The van der Waals surface area contributed by atoms with Gasteiger partial charge in [0.1, 0.15) is 9.26 Å². The molecule has 0 bridgehead atoms. The zero-order valence-corrected chi connectivity index (χ0v) is 20.2. The first-order chi connectivity index (χ1) is 15.1. The Kier molecular flexibility index (Phi) is 6.95. The first-order valence-corrected chi connectivity index (χ1v) is 12.0. The van der Waals surface area contributed by atoms with Crippen molar-refractivity contribution in [1.29, 1.82) is 5.26 Å². The summed E-state index contributed by atoms with van der Waals surface area (Å²) in [7, 11) is -2.01. The number of nitrogens with zero attached hydrogens (tertiary/aromatic N) is 3. The van der Waals surface area contributed by atoms with E-state index in [1.165, 1.54) is 37.4 Å². The molecule has 3 rings (SSSR count). The van der Waals surface area contributed by atoms with Crippen LogP contribution in [0.15, 0.2) is 47.4 Å². The molecule has 0 aliphatic rings. The number of benzene rings is 2. The monoisotopic (exact) mass is 564 g/mol. The first-order valence-electron chi connectivity index (χ1n) is 9.04. The second-order valence-electron chi connectivity index (χ2n) is 6.63. The van der Waals surface area contributed by atoms with Gasteiger partial charge in [0.15, 0.2) is 21.3 Å². The van der Waals surface area contributed by atoms with Crippen LogP contribution >= 0.6 is 22.6 Å². The zero-order valence-electron chi connectivity index (χ0n) is 17.2. The van der Waals surface area contributed by atoms with E-state index in [2.05, 4.69) is 15.5 Å². The number of rotatable bonds is 6. The Morgan fingerprint density at radius 2 is 1.91 bits per heavy atom. The summed E-state index contributed by atoms with van der Waals surface area (Å²) in [6, 6.07) is 12.5. The fourth-order valence-corrected chi connectivity index (χ4v) is 3.78. The minimum atomic E-state index is -3.44. The van der Waals surface area contributed by atoms with Gasteiger partial charge in [0.2, 0.25) is 0 Å². The normalized spacial score (nSPS) is 10.8. The van der Waals surface area contributed by atoms with Crippen LogP contribution in [0.4, 0.5) is 5.69 Å². The molecular formula is C21H17IN4O5S. The lowest BCUT2D eigenvalue weighted by atomic mass is 10.1. The van der Waals surface area contributed by atoms with Gasteiger partial charge in [0.25, 0.3) is 11.8 Å². The third-order valence-electron chi connectivity index (χ3n) is 4.37. The number of anilines is 1. The lowest BCUT2D eigenvalue weighted by molar-refractivity contribution is 0.102. The molecule has 1 N–H and O–H groups in total. The molecule has 1 amide bonds. The highest BCUT2D eigenvalue weighted by Crippen LogP contribution is 2.34. The maximum absolute atomic E-state index is 13.1. The highest BCUT2D eigenvalue weighted by molar-refractivity contribution is 14.1. The number of nitrogens with one attached hydrogen (secondary N) is 1. The van der Waals surface area contributed by atoms with Crippen LogP contribution < -0.4 is 14.8 Å². The number of sulfone groups is 1. The summed E-state index contributed by atoms with van der Waals surface area (Å²) in [5.41, 5.74) is 1.33. The number of aromatic nitrogens is 2. The van der Waals surface area contributed by atoms with E-state index in [9.17, 15) is 13.2 Å². The Morgan fingerprint density at radius 3 is 2.56 bits per heavy atom. The molecule has 32 heavy (non-hydrogen) atoms. The van der Waals surface area contributed by atoms with Crippen molar-refractivity contribution in [2.24, 2.45) is 0 Å². The topological polar surface area (TPSA) is 131 Å². The van der Waals surface area contributed by atoms with Crippen molar-refractivity contribution in [3.63, 3.8) is 0 Å². The van der Waals surface area contributed by atoms with E-state index in [0.29, 0.717) is 20.5 Å². The van der Waals surface area contributed by atoms with Gasteiger partial charge in [0, 0.05) is 23.6 Å². The highest BCUT2D eigenvalue weighted by atomic mass is 127. The maximum atomic E-state index is 13.1. The Bertz CT molecular complexity index is 1350. The molecule has 0 saturated heterocycles. The number of nitriles is 1.